The van der Waals surface area contributed by atoms with Gasteiger partial charge in [-0.05, 0) is 39.0 Å². The lowest BCUT2D eigenvalue weighted by molar-refractivity contribution is -0.384. The highest BCUT2D eigenvalue weighted by Crippen LogP contribution is 2.41. The van der Waals surface area contributed by atoms with Crippen LogP contribution in [0.4, 0.5) is 5.69 Å². The number of non-ortho nitro benzene ring substituents is 1. The van der Waals surface area contributed by atoms with Crippen LogP contribution in [0.1, 0.15) is 20.8 Å². The van der Waals surface area contributed by atoms with Gasteiger partial charge in [-0.3, -0.25) is 14.9 Å². The lowest BCUT2D eigenvalue weighted by Crippen LogP contribution is -2.35. The maximum Gasteiger partial charge on any atom is 0.440 e. The van der Waals surface area contributed by atoms with Crippen LogP contribution in [0, 0.1) is 10.1 Å². The molecular weight excluding hydrogens is 455 g/mol. The highest BCUT2D eigenvalue weighted by molar-refractivity contribution is 7.50. The Morgan fingerprint density at radius 2 is 1.81 bits per heavy atom. The molecule has 0 fully saturated rings. The third-order valence-corrected chi connectivity index (χ3v) is 4.77. The Morgan fingerprint density at radius 3 is 2.39 bits per heavy atom. The zero-order valence-electron chi connectivity index (χ0n) is 16.7. The smallest absolute Gasteiger partial charge is 0.440 e. The number of nitrogens with one attached hydrogen (secondary N) is 1. The minimum absolute atomic E-state index is 0.0306. The van der Waals surface area contributed by atoms with Gasteiger partial charge in [-0.2, -0.15) is 0 Å². The van der Waals surface area contributed by atoms with Crippen molar-refractivity contribution in [2.24, 2.45) is 0 Å². The number of ether oxygens (including phenoxy) is 2. The molecular formula is C18H20ClN2O9P. The molecule has 0 saturated carbocycles. The number of para-hydroxylation sites is 2. The number of hydrogen-bond donors (Lipinski definition) is 2. The molecule has 13 heteroatoms. The van der Waals surface area contributed by atoms with Crippen LogP contribution in [0.25, 0.3) is 0 Å². The molecule has 0 radical (unpaired) electrons. The number of nitro benzene ring substituents is 1. The molecule has 11 nitrogen and oxygen atoms in total. The van der Waals surface area contributed by atoms with E-state index in [0.717, 1.165) is 6.07 Å². The van der Waals surface area contributed by atoms with Crippen LogP contribution in [0.5, 0.6) is 17.2 Å². The van der Waals surface area contributed by atoms with Gasteiger partial charge in [0.25, 0.3) is 5.69 Å². The molecule has 2 N–H and O–H groups in total. The average Bonchev–Trinajstić information content (AvgIpc) is 2.67. The Morgan fingerprint density at radius 1 is 1.16 bits per heavy atom. The first-order valence-electron chi connectivity index (χ1n) is 8.86. The van der Waals surface area contributed by atoms with Crippen LogP contribution < -0.4 is 14.7 Å². The van der Waals surface area contributed by atoms with Crippen LogP contribution in [0.3, 0.4) is 0 Å². The summed E-state index contributed by atoms with van der Waals surface area (Å²) in [7, 11) is -4.57. The zero-order chi connectivity index (χ0) is 23.2. The molecule has 2 aromatic rings. The predicted molar refractivity (Wildman–Crippen MR) is 110 cm³/mol. The monoisotopic (exact) mass is 474 g/mol. The maximum atomic E-state index is 12.2. The van der Waals surface area contributed by atoms with Gasteiger partial charge in [-0.1, -0.05) is 28.4 Å². The van der Waals surface area contributed by atoms with Gasteiger partial charge in [0.1, 0.15) is 11.8 Å². The number of benzene rings is 2. The number of carbonyl (C=O) groups excluding carboxylic acids is 1. The van der Waals surface area contributed by atoms with Gasteiger partial charge in [0.2, 0.25) is 5.75 Å². The first-order chi connectivity index (χ1) is 14.5. The second-order valence-corrected chi connectivity index (χ2v) is 8.29. The van der Waals surface area contributed by atoms with E-state index in [0.29, 0.717) is 0 Å². The van der Waals surface area contributed by atoms with Gasteiger partial charge < -0.3 is 19.3 Å². The molecule has 168 valence electrons. The van der Waals surface area contributed by atoms with Crippen molar-refractivity contribution in [3.05, 3.63) is 57.6 Å². The molecule has 0 aromatic heterocycles. The van der Waals surface area contributed by atoms with Gasteiger partial charge in [-0.15, -0.1) is 0 Å². The molecule has 0 aliphatic rings. The number of nitro groups is 1. The molecule has 0 aliphatic heterocycles. The van der Waals surface area contributed by atoms with Gasteiger partial charge in [0.15, 0.2) is 5.75 Å². The zero-order valence-corrected chi connectivity index (χ0v) is 18.3. The largest absolute Gasteiger partial charge is 0.462 e. The standard InChI is InChI=1S/C18H20ClN2O9P/c1-11(2)27-18(22)12(3)20-31(25,26)30-29-17-7-5-4-6-16(17)28-15-9-8-13(21(23)24)10-14(15)19/h4-12H,1-3H3,(H2,20,25,26)/t12-/m0/s1. The van der Waals surface area contributed by atoms with E-state index in [9.17, 15) is 24.4 Å². The van der Waals surface area contributed by atoms with Crippen molar-refractivity contribution in [1.82, 2.24) is 5.09 Å². The molecule has 2 atom stereocenters. The lowest BCUT2D eigenvalue weighted by atomic mass is 10.3. The Balaban J connectivity index is 2.08. The molecule has 31 heavy (non-hydrogen) atoms. The number of nitrogens with zero attached hydrogens (tertiary/aromatic N) is 1. The van der Waals surface area contributed by atoms with E-state index in [1.165, 1.54) is 31.2 Å². The fourth-order valence-electron chi connectivity index (χ4n) is 2.15. The van der Waals surface area contributed by atoms with E-state index in [4.69, 9.17) is 26.0 Å². The molecule has 1 unspecified atom stereocenters. The first-order valence-corrected chi connectivity index (χ1v) is 10.8. The van der Waals surface area contributed by atoms with Crippen molar-refractivity contribution in [3.8, 4) is 17.2 Å². The van der Waals surface area contributed by atoms with Crippen molar-refractivity contribution < 1.29 is 38.2 Å². The van der Waals surface area contributed by atoms with Crippen LogP contribution >= 0.6 is 19.3 Å². The molecule has 0 heterocycles. The van der Waals surface area contributed by atoms with Gasteiger partial charge >= 0.3 is 13.7 Å². The molecule has 0 aliphatic carbocycles. The van der Waals surface area contributed by atoms with Gasteiger partial charge in [0.05, 0.1) is 16.0 Å². The van der Waals surface area contributed by atoms with E-state index < -0.39 is 30.8 Å². The van der Waals surface area contributed by atoms with E-state index in [2.05, 4.69) is 9.76 Å². The number of hydrogen-bond acceptors (Lipinski definition) is 8. The summed E-state index contributed by atoms with van der Waals surface area (Å²) in [5.74, 6) is -0.709. The van der Waals surface area contributed by atoms with Crippen LogP contribution in [-0.4, -0.2) is 27.9 Å². The highest BCUT2D eigenvalue weighted by atomic mass is 35.5. The number of halogens is 1. The molecule has 2 rings (SSSR count). The summed E-state index contributed by atoms with van der Waals surface area (Å²) in [5.41, 5.74) is -0.220. The second kappa shape index (κ2) is 10.6. The van der Waals surface area contributed by atoms with Crippen molar-refractivity contribution in [2.45, 2.75) is 32.9 Å². The highest BCUT2D eigenvalue weighted by Gasteiger charge is 2.29. The fraction of sp³-hybridized carbons (Fsp3) is 0.278. The Labute approximate surface area is 182 Å². The van der Waals surface area contributed by atoms with E-state index >= 15 is 0 Å². The predicted octanol–water partition coefficient (Wildman–Crippen LogP) is 4.38. The van der Waals surface area contributed by atoms with E-state index in [1.54, 1.807) is 26.0 Å². The Kier molecular flexibility index (Phi) is 8.37. The van der Waals surface area contributed by atoms with Gasteiger partial charge in [-0.25, -0.2) is 9.65 Å². The van der Waals surface area contributed by atoms with Crippen molar-refractivity contribution >= 4 is 31.0 Å². The first kappa shape index (κ1) is 24.6. The summed E-state index contributed by atoms with van der Waals surface area (Å²) in [6, 6.07) is 8.42. The van der Waals surface area contributed by atoms with E-state index in [-0.39, 0.29) is 28.0 Å². The Hall–Kier alpha value is -2.69. The van der Waals surface area contributed by atoms with Gasteiger partial charge in [0, 0.05) is 12.1 Å². The minimum Gasteiger partial charge on any atom is -0.462 e. The summed E-state index contributed by atoms with van der Waals surface area (Å²) in [6.45, 7) is 4.60. The van der Waals surface area contributed by atoms with Crippen molar-refractivity contribution in [1.29, 1.82) is 0 Å². The summed E-state index contributed by atoms with van der Waals surface area (Å²) < 4.78 is 27.3. The third-order valence-electron chi connectivity index (χ3n) is 3.49. The Bertz CT molecular complexity index is 1000. The SMILES string of the molecule is CC(C)OC(=O)[C@H](C)NP(=O)(O)OOc1ccccc1Oc1ccc([N+](=O)[O-])cc1Cl. The van der Waals surface area contributed by atoms with Crippen LogP contribution in [0.15, 0.2) is 42.5 Å². The number of esters is 1. The summed E-state index contributed by atoms with van der Waals surface area (Å²) in [6.07, 6.45) is -0.401. The average molecular weight is 475 g/mol. The van der Waals surface area contributed by atoms with E-state index in [1.807, 2.05) is 0 Å². The summed E-state index contributed by atoms with van der Waals surface area (Å²) >= 11 is 6.01. The third kappa shape index (κ3) is 7.50. The molecule has 0 spiro atoms. The lowest BCUT2D eigenvalue weighted by Gasteiger charge is -2.18. The maximum absolute atomic E-state index is 12.2. The summed E-state index contributed by atoms with van der Waals surface area (Å²) in [5, 5.41) is 12.9. The fourth-order valence-corrected chi connectivity index (χ4v) is 3.18. The van der Waals surface area contributed by atoms with Crippen molar-refractivity contribution in [3.63, 3.8) is 0 Å². The molecule has 0 saturated heterocycles. The molecule has 0 amide bonds. The van der Waals surface area contributed by atoms with Crippen LogP contribution in [0.2, 0.25) is 5.02 Å². The molecule has 0 bridgehead atoms. The number of rotatable bonds is 10. The van der Waals surface area contributed by atoms with Crippen LogP contribution in [-0.2, 0) is 18.8 Å². The quantitative estimate of drug-likeness (QED) is 0.167. The summed E-state index contributed by atoms with van der Waals surface area (Å²) in [4.78, 5) is 36.8. The number of carbonyl (C=O) groups is 1. The molecule has 2 aromatic carbocycles. The second-order valence-electron chi connectivity index (χ2n) is 6.44. The van der Waals surface area contributed by atoms with Crippen molar-refractivity contribution in [2.75, 3.05) is 0 Å². The topological polar surface area (TPSA) is 146 Å². The minimum atomic E-state index is -4.57. The normalized spacial score (nSPS) is 13.9.